The second kappa shape index (κ2) is 8.88. The molecule has 0 aliphatic heterocycles. The van der Waals surface area contributed by atoms with Crippen LogP contribution in [0.5, 0.6) is 0 Å². The third-order valence-corrected chi connectivity index (χ3v) is 5.97. The first-order valence-electron chi connectivity index (χ1n) is 11.4. The topological polar surface area (TPSA) is 107 Å². The van der Waals surface area contributed by atoms with E-state index < -0.39 is 5.91 Å². The summed E-state index contributed by atoms with van der Waals surface area (Å²) in [6.07, 6.45) is 3.41. The summed E-state index contributed by atoms with van der Waals surface area (Å²) < 4.78 is 0. The maximum Gasteiger partial charge on any atom is 0.279 e. The molecule has 0 saturated carbocycles. The molecule has 172 valence electrons. The molecule has 3 heterocycles. The minimum Gasteiger partial charge on any atom is -0.382 e. The molecule has 7 heteroatoms. The number of benzene rings is 3. The molecule has 0 bridgehead atoms. The molecule has 0 atom stereocenters. The molecule has 6 aromatic rings. The zero-order chi connectivity index (χ0) is 24.5. The molecule has 0 unspecified atom stereocenters. The van der Waals surface area contributed by atoms with Crippen LogP contribution in [-0.4, -0.2) is 25.8 Å². The van der Waals surface area contributed by atoms with Gasteiger partial charge in [-0.15, -0.1) is 0 Å². The number of anilines is 2. The fourth-order valence-electron chi connectivity index (χ4n) is 4.22. The molecule has 0 aliphatic rings. The van der Waals surface area contributed by atoms with Crippen LogP contribution in [0.1, 0.15) is 10.5 Å². The lowest BCUT2D eigenvalue weighted by atomic mass is 10.0. The van der Waals surface area contributed by atoms with Crippen molar-refractivity contribution in [2.45, 2.75) is 0 Å². The fraction of sp³-hybridized carbons (Fsp3) is 0. The Kier molecular flexibility index (Phi) is 5.27. The van der Waals surface area contributed by atoms with E-state index in [0.29, 0.717) is 17.2 Å². The van der Waals surface area contributed by atoms with Gasteiger partial charge in [0, 0.05) is 34.3 Å². The Balaban J connectivity index is 1.49. The average Bonchev–Trinajstić information content (AvgIpc) is 2.93. The standard InChI is InChI=1S/C29H20N6O/c30-27-26(29(36)35-28-22-11-5-4-7-18(22)14-16-32-28)33-25(24(34-27)19-8-2-1-3-9-19)21-12-13-23-20(17-21)10-6-15-31-23/h1-17H,(H2,30,34)(H,32,35,36). The van der Waals surface area contributed by atoms with Gasteiger partial charge in [0.15, 0.2) is 11.5 Å². The van der Waals surface area contributed by atoms with Gasteiger partial charge in [0.05, 0.1) is 16.9 Å². The number of fused-ring (bicyclic) bond motifs is 2. The molecule has 0 radical (unpaired) electrons. The number of nitrogens with two attached hydrogens (primary N) is 1. The zero-order valence-electron chi connectivity index (χ0n) is 19.1. The maximum absolute atomic E-state index is 13.4. The molecule has 6 rings (SSSR count). The van der Waals surface area contributed by atoms with Crippen molar-refractivity contribution in [3.63, 3.8) is 0 Å². The van der Waals surface area contributed by atoms with Crippen molar-refractivity contribution >= 4 is 39.2 Å². The molecule has 3 aromatic heterocycles. The smallest absolute Gasteiger partial charge is 0.279 e. The Morgan fingerprint density at radius 3 is 2.36 bits per heavy atom. The molecule has 0 aliphatic carbocycles. The van der Waals surface area contributed by atoms with E-state index in [1.54, 1.807) is 12.4 Å². The van der Waals surface area contributed by atoms with Crippen molar-refractivity contribution in [3.05, 3.63) is 109 Å². The highest BCUT2D eigenvalue weighted by Gasteiger charge is 2.21. The molecule has 1 amide bonds. The number of aromatic nitrogens is 4. The molecule has 0 spiro atoms. The number of carbonyl (C=O) groups excluding carboxylic acids is 1. The van der Waals surface area contributed by atoms with E-state index in [1.165, 1.54) is 0 Å². The van der Waals surface area contributed by atoms with Crippen LogP contribution in [0.15, 0.2) is 103 Å². The summed E-state index contributed by atoms with van der Waals surface area (Å²) in [5.74, 6) is -0.00488. The predicted octanol–water partition coefficient (Wildman–Crippen LogP) is 5.74. The van der Waals surface area contributed by atoms with Gasteiger partial charge in [-0.2, -0.15) is 0 Å². The van der Waals surface area contributed by atoms with Crippen LogP contribution < -0.4 is 11.1 Å². The number of nitrogens with zero attached hydrogens (tertiary/aromatic N) is 4. The highest BCUT2D eigenvalue weighted by atomic mass is 16.2. The molecular weight excluding hydrogens is 448 g/mol. The van der Waals surface area contributed by atoms with Crippen LogP contribution >= 0.6 is 0 Å². The van der Waals surface area contributed by atoms with Crippen molar-refractivity contribution in [1.82, 2.24) is 19.9 Å². The monoisotopic (exact) mass is 468 g/mol. The fourth-order valence-corrected chi connectivity index (χ4v) is 4.22. The first-order chi connectivity index (χ1) is 17.7. The largest absolute Gasteiger partial charge is 0.382 e. The van der Waals surface area contributed by atoms with E-state index in [1.807, 2.05) is 91.0 Å². The quantitative estimate of drug-likeness (QED) is 0.342. The van der Waals surface area contributed by atoms with Crippen LogP contribution in [0.25, 0.3) is 44.2 Å². The number of rotatable bonds is 4. The van der Waals surface area contributed by atoms with Crippen molar-refractivity contribution in [2.75, 3.05) is 11.1 Å². The Morgan fingerprint density at radius 2 is 1.47 bits per heavy atom. The lowest BCUT2D eigenvalue weighted by molar-refractivity contribution is 0.102. The number of hydrogen-bond acceptors (Lipinski definition) is 6. The van der Waals surface area contributed by atoms with Crippen LogP contribution in [0, 0.1) is 0 Å². The average molecular weight is 469 g/mol. The summed E-state index contributed by atoms with van der Waals surface area (Å²) in [6, 6.07) is 29.0. The molecule has 7 nitrogen and oxygen atoms in total. The van der Waals surface area contributed by atoms with E-state index in [9.17, 15) is 4.79 Å². The lowest BCUT2D eigenvalue weighted by Gasteiger charge is -2.14. The Bertz CT molecular complexity index is 1750. The van der Waals surface area contributed by atoms with Gasteiger partial charge < -0.3 is 11.1 Å². The number of amides is 1. The van der Waals surface area contributed by atoms with Gasteiger partial charge in [-0.05, 0) is 29.7 Å². The predicted molar refractivity (Wildman–Crippen MR) is 142 cm³/mol. The number of pyridine rings is 2. The van der Waals surface area contributed by atoms with Crippen molar-refractivity contribution < 1.29 is 4.79 Å². The van der Waals surface area contributed by atoms with Gasteiger partial charge in [-0.25, -0.2) is 15.0 Å². The van der Waals surface area contributed by atoms with Crippen molar-refractivity contribution in [3.8, 4) is 22.5 Å². The third kappa shape index (κ3) is 3.88. The van der Waals surface area contributed by atoms with E-state index >= 15 is 0 Å². The summed E-state index contributed by atoms with van der Waals surface area (Å²) >= 11 is 0. The summed E-state index contributed by atoms with van der Waals surface area (Å²) in [4.78, 5) is 31.5. The van der Waals surface area contributed by atoms with Gasteiger partial charge >= 0.3 is 0 Å². The molecule has 0 saturated heterocycles. The zero-order valence-corrected chi connectivity index (χ0v) is 19.1. The first-order valence-corrected chi connectivity index (χ1v) is 11.4. The number of carbonyl (C=O) groups is 1. The lowest BCUT2D eigenvalue weighted by Crippen LogP contribution is -2.19. The number of nitrogen functional groups attached to an aromatic ring is 1. The SMILES string of the molecule is Nc1nc(-c2ccccc2)c(-c2ccc3ncccc3c2)nc1C(=O)Nc1nccc2ccccc12. The van der Waals surface area contributed by atoms with Gasteiger partial charge in [0.1, 0.15) is 5.82 Å². The van der Waals surface area contributed by atoms with Gasteiger partial charge in [0.2, 0.25) is 0 Å². The van der Waals surface area contributed by atoms with E-state index in [4.69, 9.17) is 10.7 Å². The van der Waals surface area contributed by atoms with Gasteiger partial charge in [-0.1, -0.05) is 66.7 Å². The van der Waals surface area contributed by atoms with E-state index in [0.717, 1.165) is 32.8 Å². The molecule has 3 N–H and O–H groups in total. The van der Waals surface area contributed by atoms with Crippen LogP contribution in [-0.2, 0) is 0 Å². The number of hydrogen-bond donors (Lipinski definition) is 2. The van der Waals surface area contributed by atoms with Crippen molar-refractivity contribution in [2.24, 2.45) is 0 Å². The van der Waals surface area contributed by atoms with E-state index in [-0.39, 0.29) is 11.5 Å². The molecule has 0 fully saturated rings. The highest BCUT2D eigenvalue weighted by Crippen LogP contribution is 2.32. The Hall–Kier alpha value is -5.17. The van der Waals surface area contributed by atoms with E-state index in [2.05, 4.69) is 20.3 Å². The number of nitrogens with one attached hydrogen (secondary N) is 1. The summed E-state index contributed by atoms with van der Waals surface area (Å²) in [5, 5.41) is 5.61. The Labute approximate surface area is 206 Å². The third-order valence-electron chi connectivity index (χ3n) is 5.97. The maximum atomic E-state index is 13.4. The second-order valence-corrected chi connectivity index (χ2v) is 8.27. The molecule has 3 aromatic carbocycles. The van der Waals surface area contributed by atoms with Crippen LogP contribution in [0.2, 0.25) is 0 Å². The molecule has 36 heavy (non-hydrogen) atoms. The second-order valence-electron chi connectivity index (χ2n) is 8.27. The molecular formula is C29H20N6O. The van der Waals surface area contributed by atoms with Crippen LogP contribution in [0.4, 0.5) is 11.6 Å². The summed E-state index contributed by atoms with van der Waals surface area (Å²) in [7, 11) is 0. The highest BCUT2D eigenvalue weighted by molar-refractivity contribution is 6.09. The Morgan fingerprint density at radius 1 is 0.694 bits per heavy atom. The normalized spacial score (nSPS) is 11.0. The van der Waals surface area contributed by atoms with Gasteiger partial charge in [0.25, 0.3) is 5.91 Å². The summed E-state index contributed by atoms with van der Waals surface area (Å²) in [5.41, 5.74) is 10.00. The van der Waals surface area contributed by atoms with Crippen molar-refractivity contribution in [1.29, 1.82) is 0 Å². The summed E-state index contributed by atoms with van der Waals surface area (Å²) in [6.45, 7) is 0. The minimum absolute atomic E-state index is 0.0331. The first kappa shape index (κ1) is 21.4. The minimum atomic E-state index is -0.479. The van der Waals surface area contributed by atoms with Gasteiger partial charge in [-0.3, -0.25) is 9.78 Å². The van der Waals surface area contributed by atoms with Crippen LogP contribution in [0.3, 0.4) is 0 Å².